The number of nitrogens with two attached hydrogens (primary N) is 1. The Morgan fingerprint density at radius 3 is 2.64 bits per heavy atom. The summed E-state index contributed by atoms with van der Waals surface area (Å²) < 4.78 is 0. The highest BCUT2D eigenvalue weighted by Gasteiger charge is 2.10. The predicted octanol–water partition coefficient (Wildman–Crippen LogP) is 1.10. The minimum absolute atomic E-state index is 0.175. The van der Waals surface area contributed by atoms with Gasteiger partial charge in [0.1, 0.15) is 0 Å². The standard InChI is InChI=1S/C10H20N2OS/c1-4-12(7-9(2)3)10(13)8-14-6-5-11/h2,4-8,11H2,1,3H3. The molecule has 4 heteroatoms. The number of thioether (sulfide) groups is 1. The van der Waals surface area contributed by atoms with Crippen LogP contribution in [-0.2, 0) is 4.79 Å². The maximum absolute atomic E-state index is 11.6. The lowest BCUT2D eigenvalue weighted by molar-refractivity contribution is -0.127. The number of carbonyl (C=O) groups is 1. The van der Waals surface area contributed by atoms with E-state index >= 15 is 0 Å². The van der Waals surface area contributed by atoms with Crippen LogP contribution < -0.4 is 5.73 Å². The first kappa shape index (κ1) is 13.5. The van der Waals surface area contributed by atoms with Crippen LogP contribution in [0.2, 0.25) is 0 Å². The van der Waals surface area contributed by atoms with Gasteiger partial charge in [0.15, 0.2) is 0 Å². The van der Waals surface area contributed by atoms with Crippen molar-refractivity contribution in [3.05, 3.63) is 12.2 Å². The third-order valence-electron chi connectivity index (χ3n) is 1.68. The molecule has 2 N–H and O–H groups in total. The molecule has 0 aliphatic heterocycles. The molecule has 0 atom stereocenters. The maximum Gasteiger partial charge on any atom is 0.232 e. The number of hydrogen-bond donors (Lipinski definition) is 1. The molecule has 0 bridgehead atoms. The van der Waals surface area contributed by atoms with Gasteiger partial charge in [0, 0.05) is 25.4 Å². The molecule has 0 rings (SSSR count). The van der Waals surface area contributed by atoms with Crippen LogP contribution in [0.25, 0.3) is 0 Å². The van der Waals surface area contributed by atoms with Crippen LogP contribution in [0.5, 0.6) is 0 Å². The molecule has 0 aromatic carbocycles. The first-order valence-electron chi connectivity index (χ1n) is 4.81. The topological polar surface area (TPSA) is 46.3 Å². The van der Waals surface area contributed by atoms with E-state index in [1.165, 1.54) is 0 Å². The van der Waals surface area contributed by atoms with Gasteiger partial charge in [-0.1, -0.05) is 12.2 Å². The van der Waals surface area contributed by atoms with Gasteiger partial charge in [0.25, 0.3) is 0 Å². The van der Waals surface area contributed by atoms with Gasteiger partial charge < -0.3 is 10.6 Å². The van der Waals surface area contributed by atoms with Crippen molar-refractivity contribution >= 4 is 17.7 Å². The smallest absolute Gasteiger partial charge is 0.232 e. The zero-order chi connectivity index (χ0) is 11.0. The van der Waals surface area contributed by atoms with Crippen molar-refractivity contribution in [1.29, 1.82) is 0 Å². The summed E-state index contributed by atoms with van der Waals surface area (Å²) in [6, 6.07) is 0. The highest BCUT2D eigenvalue weighted by atomic mass is 32.2. The Bertz CT molecular complexity index is 195. The van der Waals surface area contributed by atoms with Crippen molar-refractivity contribution in [2.75, 3.05) is 31.1 Å². The summed E-state index contributed by atoms with van der Waals surface area (Å²) in [5.41, 5.74) is 6.36. The Morgan fingerprint density at radius 1 is 1.57 bits per heavy atom. The summed E-state index contributed by atoms with van der Waals surface area (Å²) in [5, 5.41) is 0. The Morgan fingerprint density at radius 2 is 2.21 bits per heavy atom. The van der Waals surface area contributed by atoms with Crippen molar-refractivity contribution in [2.45, 2.75) is 13.8 Å². The fourth-order valence-corrected chi connectivity index (χ4v) is 1.70. The van der Waals surface area contributed by atoms with Crippen molar-refractivity contribution in [3.63, 3.8) is 0 Å². The molecule has 0 aliphatic rings. The zero-order valence-corrected chi connectivity index (χ0v) is 9.90. The second-order valence-electron chi connectivity index (χ2n) is 3.21. The zero-order valence-electron chi connectivity index (χ0n) is 9.08. The quantitative estimate of drug-likeness (QED) is 0.512. The fourth-order valence-electron chi connectivity index (χ4n) is 1.04. The minimum atomic E-state index is 0.175. The van der Waals surface area contributed by atoms with Crippen LogP contribution >= 0.6 is 11.8 Å². The summed E-state index contributed by atoms with van der Waals surface area (Å²) in [6.07, 6.45) is 0. The predicted molar refractivity (Wildman–Crippen MR) is 63.4 cm³/mol. The van der Waals surface area contributed by atoms with E-state index in [2.05, 4.69) is 6.58 Å². The Kier molecular flexibility index (Phi) is 7.61. The Labute approximate surface area is 90.7 Å². The molecule has 0 aromatic rings. The molecule has 1 amide bonds. The number of likely N-dealkylation sites (N-methyl/N-ethyl adjacent to an activating group) is 1. The third kappa shape index (κ3) is 6.05. The molecule has 0 saturated carbocycles. The van der Waals surface area contributed by atoms with Crippen molar-refractivity contribution in [3.8, 4) is 0 Å². The molecule has 82 valence electrons. The molecule has 0 fully saturated rings. The SMILES string of the molecule is C=C(C)CN(CC)C(=O)CSCCN. The number of nitrogens with zero attached hydrogens (tertiary/aromatic N) is 1. The number of hydrogen-bond acceptors (Lipinski definition) is 3. The van der Waals surface area contributed by atoms with E-state index in [-0.39, 0.29) is 5.91 Å². The van der Waals surface area contributed by atoms with Crippen LogP contribution in [0, 0.1) is 0 Å². The van der Waals surface area contributed by atoms with Gasteiger partial charge in [-0.15, -0.1) is 0 Å². The number of rotatable bonds is 7. The second kappa shape index (κ2) is 7.88. The molecule has 0 heterocycles. The molecule has 0 radical (unpaired) electrons. The first-order valence-corrected chi connectivity index (χ1v) is 5.97. The summed E-state index contributed by atoms with van der Waals surface area (Å²) in [6.45, 7) is 9.75. The van der Waals surface area contributed by atoms with Crippen molar-refractivity contribution < 1.29 is 4.79 Å². The van der Waals surface area contributed by atoms with Crippen LogP contribution in [0.4, 0.5) is 0 Å². The maximum atomic E-state index is 11.6. The van der Waals surface area contributed by atoms with Gasteiger partial charge in [-0.3, -0.25) is 4.79 Å². The van der Waals surface area contributed by atoms with Gasteiger partial charge >= 0.3 is 0 Å². The van der Waals surface area contributed by atoms with Crippen molar-refractivity contribution in [2.24, 2.45) is 5.73 Å². The minimum Gasteiger partial charge on any atom is -0.338 e. The van der Waals surface area contributed by atoms with Crippen LogP contribution in [-0.4, -0.2) is 41.9 Å². The number of carbonyl (C=O) groups excluding carboxylic acids is 1. The van der Waals surface area contributed by atoms with E-state index in [1.54, 1.807) is 11.8 Å². The molecule has 3 nitrogen and oxygen atoms in total. The summed E-state index contributed by atoms with van der Waals surface area (Å²) in [4.78, 5) is 13.4. The lowest BCUT2D eigenvalue weighted by atomic mass is 10.3. The van der Waals surface area contributed by atoms with Crippen LogP contribution in [0.3, 0.4) is 0 Å². The first-order chi connectivity index (χ1) is 6.61. The van der Waals surface area contributed by atoms with Gasteiger partial charge in [0.2, 0.25) is 5.91 Å². The van der Waals surface area contributed by atoms with E-state index in [0.717, 1.165) is 17.9 Å². The molecule has 0 saturated heterocycles. The largest absolute Gasteiger partial charge is 0.338 e. The average molecular weight is 216 g/mol. The lowest BCUT2D eigenvalue weighted by Gasteiger charge is -2.20. The molecule has 14 heavy (non-hydrogen) atoms. The molecule has 0 aromatic heterocycles. The van der Waals surface area contributed by atoms with Gasteiger partial charge in [0.05, 0.1) is 5.75 Å². The molecular formula is C10H20N2OS. The summed E-state index contributed by atoms with van der Waals surface area (Å²) in [5.74, 6) is 1.54. The third-order valence-corrected chi connectivity index (χ3v) is 2.66. The van der Waals surface area contributed by atoms with E-state index in [1.807, 2.05) is 18.7 Å². The highest BCUT2D eigenvalue weighted by molar-refractivity contribution is 7.99. The van der Waals surface area contributed by atoms with E-state index in [4.69, 9.17) is 5.73 Å². The monoisotopic (exact) mass is 216 g/mol. The Balaban J connectivity index is 3.85. The van der Waals surface area contributed by atoms with E-state index < -0.39 is 0 Å². The summed E-state index contributed by atoms with van der Waals surface area (Å²) >= 11 is 1.59. The van der Waals surface area contributed by atoms with Crippen LogP contribution in [0.1, 0.15) is 13.8 Å². The molecule has 0 aliphatic carbocycles. The second-order valence-corrected chi connectivity index (χ2v) is 4.31. The van der Waals surface area contributed by atoms with E-state index in [9.17, 15) is 4.79 Å². The van der Waals surface area contributed by atoms with Crippen LogP contribution in [0.15, 0.2) is 12.2 Å². The lowest BCUT2D eigenvalue weighted by Crippen LogP contribution is -2.33. The van der Waals surface area contributed by atoms with Crippen molar-refractivity contribution in [1.82, 2.24) is 4.90 Å². The number of amides is 1. The van der Waals surface area contributed by atoms with Gasteiger partial charge in [-0.25, -0.2) is 0 Å². The van der Waals surface area contributed by atoms with Gasteiger partial charge in [-0.05, 0) is 13.8 Å². The Hall–Kier alpha value is -0.480. The fraction of sp³-hybridized carbons (Fsp3) is 0.700. The van der Waals surface area contributed by atoms with Gasteiger partial charge in [-0.2, -0.15) is 11.8 Å². The molecule has 0 unspecified atom stereocenters. The molecule has 0 spiro atoms. The average Bonchev–Trinajstić information content (AvgIpc) is 2.14. The highest BCUT2D eigenvalue weighted by Crippen LogP contribution is 2.03. The normalized spacial score (nSPS) is 9.93. The van der Waals surface area contributed by atoms with E-state index in [0.29, 0.717) is 18.8 Å². The molecular weight excluding hydrogens is 196 g/mol. The summed E-state index contributed by atoms with van der Waals surface area (Å²) in [7, 11) is 0.